The SMILES string of the molecule is O=C(OC1[C@@H](O)[C@@H](COP(=O)(O)OP(=O)(O)OP(=O)(O)OP(=O)(O)OCc2ccccc2)O[C@H]1n1ccc(=O)[nH]c1=O)c1ccccc1. The van der Waals surface area contributed by atoms with Gasteiger partial charge < -0.3 is 34.2 Å². The zero-order valence-electron chi connectivity index (χ0n) is 23.8. The fraction of sp³-hybridized carbons (Fsp3) is 0.261. The van der Waals surface area contributed by atoms with Gasteiger partial charge in [0, 0.05) is 12.3 Å². The van der Waals surface area contributed by atoms with Gasteiger partial charge in [-0.2, -0.15) is 12.9 Å². The van der Waals surface area contributed by atoms with E-state index in [0.29, 0.717) is 5.56 Å². The monoisotopic (exact) mass is 758 g/mol. The number of rotatable bonds is 15. The van der Waals surface area contributed by atoms with Crippen LogP contribution in [0.4, 0.5) is 0 Å². The van der Waals surface area contributed by atoms with E-state index in [2.05, 4.69) is 22.0 Å². The number of H-pyrrole nitrogens is 1. The van der Waals surface area contributed by atoms with E-state index in [1.165, 1.54) is 36.4 Å². The zero-order valence-corrected chi connectivity index (χ0v) is 27.4. The van der Waals surface area contributed by atoms with Crippen LogP contribution in [0.25, 0.3) is 0 Å². The first-order chi connectivity index (χ1) is 22.4. The first-order valence-corrected chi connectivity index (χ1v) is 19.0. The number of carbonyl (C=O) groups is 1. The molecule has 2 aromatic carbocycles. The summed E-state index contributed by atoms with van der Waals surface area (Å²) >= 11 is 0. The Morgan fingerprint density at radius 2 is 1.33 bits per heavy atom. The standard InChI is InChI=1S/C23H26N2O19P4/c26-18-11-12-25(23(29)24-18)21-20(41-22(28)16-9-5-2-6-10-16)19(27)17(40-21)14-39-46(32,33)43-48(36,37)44-47(34,35)42-45(30,31)38-13-15-7-3-1-4-8-15/h1-12,17,19-21,27H,13-14H2,(H,30,31)(H,32,33)(H,34,35)(H,36,37)(H,24,26,29)/t17-,19+,20?,21-/m1/s1. The van der Waals surface area contributed by atoms with Gasteiger partial charge >= 0.3 is 42.9 Å². The molecule has 0 aliphatic carbocycles. The van der Waals surface area contributed by atoms with Crippen molar-refractivity contribution >= 4 is 37.3 Å². The molecule has 1 aliphatic heterocycles. The molecule has 5 unspecified atom stereocenters. The third-order valence-corrected chi connectivity index (χ3v) is 11.8. The molecule has 0 amide bonds. The van der Waals surface area contributed by atoms with Crippen molar-refractivity contribution in [3.63, 3.8) is 0 Å². The quantitative estimate of drug-likeness (QED) is 0.0949. The maximum atomic E-state index is 12.7. The number of hydrogen-bond acceptors (Lipinski definition) is 15. The van der Waals surface area contributed by atoms with E-state index in [1.807, 2.05) is 4.98 Å². The van der Waals surface area contributed by atoms with Crippen molar-refractivity contribution in [3.05, 3.63) is 105 Å². The summed E-state index contributed by atoms with van der Waals surface area (Å²) in [6.07, 6.45) is -6.08. The minimum Gasteiger partial charge on any atom is -0.451 e. The topological polar surface area (TPSA) is 306 Å². The summed E-state index contributed by atoms with van der Waals surface area (Å²) in [7, 11) is -23.4. The van der Waals surface area contributed by atoms with Gasteiger partial charge in [-0.25, -0.2) is 27.8 Å². The van der Waals surface area contributed by atoms with Gasteiger partial charge in [0.25, 0.3) is 5.56 Å². The number of aliphatic hydroxyl groups is 1. The third-order valence-electron chi connectivity index (χ3n) is 5.95. The van der Waals surface area contributed by atoms with Crippen LogP contribution in [-0.2, 0) is 56.3 Å². The molecule has 0 saturated carbocycles. The molecule has 2 heterocycles. The second-order valence-corrected chi connectivity index (χ2v) is 15.7. The van der Waals surface area contributed by atoms with Crippen LogP contribution in [-0.4, -0.2) is 65.1 Å². The van der Waals surface area contributed by atoms with E-state index >= 15 is 0 Å². The molecule has 4 rings (SSSR count). The van der Waals surface area contributed by atoms with Crippen LogP contribution in [0.1, 0.15) is 22.1 Å². The van der Waals surface area contributed by atoms with Crippen molar-refractivity contribution in [2.45, 2.75) is 31.1 Å². The van der Waals surface area contributed by atoms with Crippen molar-refractivity contribution < 1.29 is 79.2 Å². The second-order valence-electron chi connectivity index (χ2n) is 9.48. The van der Waals surface area contributed by atoms with Crippen molar-refractivity contribution in [3.8, 4) is 0 Å². The maximum Gasteiger partial charge on any atom is 0.490 e. The normalized spacial score (nSPS) is 24.4. The zero-order chi connectivity index (χ0) is 35.3. The number of carbonyl (C=O) groups excluding carboxylic acids is 1. The van der Waals surface area contributed by atoms with E-state index in [4.69, 9.17) is 9.47 Å². The smallest absolute Gasteiger partial charge is 0.451 e. The maximum absolute atomic E-state index is 12.7. The molecule has 262 valence electrons. The number of nitrogens with zero attached hydrogens (tertiary/aromatic N) is 1. The minimum absolute atomic E-state index is 0.0226. The fourth-order valence-electron chi connectivity index (χ4n) is 3.97. The van der Waals surface area contributed by atoms with Gasteiger partial charge in [-0.3, -0.25) is 23.4 Å². The average Bonchev–Trinajstić information content (AvgIpc) is 3.28. The van der Waals surface area contributed by atoms with Crippen molar-refractivity contribution in [1.82, 2.24) is 9.55 Å². The van der Waals surface area contributed by atoms with Gasteiger partial charge in [0.2, 0.25) is 0 Å². The highest BCUT2D eigenvalue weighted by Crippen LogP contribution is 2.71. The van der Waals surface area contributed by atoms with Crippen LogP contribution < -0.4 is 11.2 Å². The fourth-order valence-corrected chi connectivity index (χ4v) is 8.90. The van der Waals surface area contributed by atoms with Gasteiger partial charge in [0.05, 0.1) is 18.8 Å². The Morgan fingerprint density at radius 1 is 0.792 bits per heavy atom. The Kier molecular flexibility index (Phi) is 12.1. The summed E-state index contributed by atoms with van der Waals surface area (Å²) in [5.74, 6) is -0.990. The summed E-state index contributed by atoms with van der Waals surface area (Å²) < 4.78 is 81.1. The predicted octanol–water partition coefficient (Wildman–Crippen LogP) is 1.71. The van der Waals surface area contributed by atoms with E-state index in [-0.39, 0.29) is 5.56 Å². The van der Waals surface area contributed by atoms with Crippen LogP contribution >= 0.6 is 31.3 Å². The first kappa shape index (κ1) is 37.9. The number of esters is 1. The number of phosphoric acid groups is 4. The number of aromatic amines is 1. The van der Waals surface area contributed by atoms with E-state index in [0.717, 1.165) is 16.8 Å². The van der Waals surface area contributed by atoms with Crippen LogP contribution in [0.15, 0.2) is 82.5 Å². The first-order valence-electron chi connectivity index (χ1n) is 13.0. The van der Waals surface area contributed by atoms with Crippen LogP contribution in [0.5, 0.6) is 0 Å². The lowest BCUT2D eigenvalue weighted by molar-refractivity contribution is -0.0597. The Labute approximate surface area is 268 Å². The van der Waals surface area contributed by atoms with Crippen LogP contribution in [0, 0.1) is 0 Å². The number of nitrogens with one attached hydrogen (secondary N) is 1. The Morgan fingerprint density at radius 3 is 1.92 bits per heavy atom. The Balaban J connectivity index is 1.41. The molecule has 6 N–H and O–H groups in total. The van der Waals surface area contributed by atoms with Gasteiger partial charge in [0.1, 0.15) is 12.2 Å². The van der Waals surface area contributed by atoms with E-state index in [1.54, 1.807) is 24.3 Å². The molecule has 1 fully saturated rings. The van der Waals surface area contributed by atoms with Gasteiger partial charge in [-0.05, 0) is 17.7 Å². The third kappa shape index (κ3) is 10.8. The van der Waals surface area contributed by atoms with E-state index in [9.17, 15) is 57.3 Å². The molecule has 1 aromatic heterocycles. The number of hydrogen-bond donors (Lipinski definition) is 6. The summed E-state index contributed by atoms with van der Waals surface area (Å²) in [5.41, 5.74) is -1.52. The lowest BCUT2D eigenvalue weighted by atomic mass is 10.1. The highest BCUT2D eigenvalue weighted by Gasteiger charge is 2.50. The average molecular weight is 758 g/mol. The van der Waals surface area contributed by atoms with Crippen LogP contribution in [0.3, 0.4) is 0 Å². The van der Waals surface area contributed by atoms with Crippen molar-refractivity contribution in [2.75, 3.05) is 6.61 Å². The second kappa shape index (κ2) is 15.3. The molecule has 1 aliphatic rings. The predicted molar refractivity (Wildman–Crippen MR) is 157 cm³/mol. The number of aliphatic hydroxyl groups excluding tert-OH is 1. The molecule has 3 aromatic rings. The number of benzene rings is 2. The molecule has 0 radical (unpaired) electrons. The van der Waals surface area contributed by atoms with Crippen LogP contribution in [0.2, 0.25) is 0 Å². The van der Waals surface area contributed by atoms with Crippen molar-refractivity contribution in [1.29, 1.82) is 0 Å². The number of ether oxygens (including phenoxy) is 2. The van der Waals surface area contributed by atoms with Gasteiger partial charge in [0.15, 0.2) is 12.3 Å². The molecule has 21 nitrogen and oxygen atoms in total. The molecular formula is C23H26N2O19P4. The Bertz CT molecular complexity index is 1900. The molecule has 25 heteroatoms. The molecular weight excluding hydrogens is 732 g/mol. The Hall–Kier alpha value is -2.93. The summed E-state index contributed by atoms with van der Waals surface area (Å²) in [6.45, 7) is -1.80. The minimum atomic E-state index is -6.13. The van der Waals surface area contributed by atoms with Gasteiger partial charge in [-0.1, -0.05) is 48.5 Å². The van der Waals surface area contributed by atoms with E-state index < -0.39 is 86.3 Å². The number of phosphoric ester groups is 2. The van der Waals surface area contributed by atoms with Crippen molar-refractivity contribution in [2.24, 2.45) is 0 Å². The molecule has 1 saturated heterocycles. The summed E-state index contributed by atoms with van der Waals surface area (Å²) in [4.78, 5) is 77.8. The highest BCUT2D eigenvalue weighted by molar-refractivity contribution is 7.69. The molecule has 0 spiro atoms. The molecule has 48 heavy (non-hydrogen) atoms. The lowest BCUT2D eigenvalue weighted by Crippen LogP contribution is -2.40. The molecule has 0 bridgehead atoms. The summed E-state index contributed by atoms with van der Waals surface area (Å²) in [6, 6.07) is 15.9. The largest absolute Gasteiger partial charge is 0.490 e. The molecule has 8 atom stereocenters. The highest BCUT2D eigenvalue weighted by atomic mass is 31.3. The number of aromatic nitrogens is 2. The van der Waals surface area contributed by atoms with Gasteiger partial charge in [-0.15, -0.1) is 0 Å². The summed E-state index contributed by atoms with van der Waals surface area (Å²) in [5, 5.41) is 10.9. The lowest BCUT2D eigenvalue weighted by Gasteiger charge is -2.22.